The van der Waals surface area contributed by atoms with Crippen LogP contribution < -0.4 is 11.5 Å². The largest absolute Gasteiger partial charge is 0.368 e. The molecule has 1 unspecified atom stereocenters. The molecule has 0 aliphatic carbocycles. The Balaban J connectivity index is 2.07. The van der Waals surface area contributed by atoms with Crippen LogP contribution in [0.3, 0.4) is 0 Å². The summed E-state index contributed by atoms with van der Waals surface area (Å²) in [5.74, 6) is 0.177. The number of nitrogen functional groups attached to an aromatic ring is 1. The third kappa shape index (κ3) is 3.17. The van der Waals surface area contributed by atoms with Gasteiger partial charge in [-0.2, -0.15) is 0 Å². The summed E-state index contributed by atoms with van der Waals surface area (Å²) in [5.41, 5.74) is 14.1. The molecule has 1 aliphatic heterocycles. The molecule has 120 valence electrons. The maximum Gasteiger partial charge on any atom is 0.236 e. The molecule has 1 aromatic heterocycles. The average molecular weight is 311 g/mol. The number of carbonyl (C=O) groups excluding carboxylic acids is 1. The molecular weight excluding hydrogens is 290 g/mol. The van der Waals surface area contributed by atoms with Gasteiger partial charge in [0, 0.05) is 18.3 Å². The van der Waals surface area contributed by atoms with E-state index in [9.17, 15) is 4.79 Å². The number of amides is 1. The topological polar surface area (TPSA) is 98.1 Å². The number of carbonyl (C=O) groups is 1. The highest BCUT2D eigenvalue weighted by atomic mass is 16.2. The molecule has 23 heavy (non-hydrogen) atoms. The van der Waals surface area contributed by atoms with Gasteiger partial charge in [0.05, 0.1) is 18.3 Å². The Hall–Kier alpha value is -2.47. The molecule has 6 heteroatoms. The van der Waals surface area contributed by atoms with Crippen LogP contribution >= 0.6 is 0 Å². The Morgan fingerprint density at radius 3 is 2.78 bits per heavy atom. The molecule has 2 heterocycles. The zero-order valence-electron chi connectivity index (χ0n) is 13.0. The fourth-order valence-corrected chi connectivity index (χ4v) is 3.14. The molecule has 0 spiro atoms. The highest BCUT2D eigenvalue weighted by molar-refractivity contribution is 5.79. The highest BCUT2D eigenvalue weighted by Gasteiger charge is 2.30. The lowest BCUT2D eigenvalue weighted by atomic mass is 9.93. The summed E-state index contributed by atoms with van der Waals surface area (Å²) >= 11 is 0. The lowest BCUT2D eigenvalue weighted by molar-refractivity contribution is -0.133. The van der Waals surface area contributed by atoms with Crippen LogP contribution in [-0.4, -0.2) is 33.9 Å². The first-order valence-electron chi connectivity index (χ1n) is 7.88. The second-order valence-electron chi connectivity index (χ2n) is 5.70. The molecule has 1 saturated heterocycles. The van der Waals surface area contributed by atoms with E-state index in [1.54, 1.807) is 6.20 Å². The van der Waals surface area contributed by atoms with E-state index in [-0.39, 0.29) is 24.4 Å². The predicted molar refractivity (Wildman–Crippen MR) is 89.2 cm³/mol. The summed E-state index contributed by atoms with van der Waals surface area (Å²) in [7, 11) is 0. The van der Waals surface area contributed by atoms with Gasteiger partial charge in [0.2, 0.25) is 11.9 Å². The van der Waals surface area contributed by atoms with E-state index in [0.29, 0.717) is 6.54 Å². The van der Waals surface area contributed by atoms with E-state index in [1.807, 2.05) is 35.2 Å². The van der Waals surface area contributed by atoms with E-state index in [2.05, 4.69) is 9.97 Å². The van der Waals surface area contributed by atoms with Crippen molar-refractivity contribution in [2.24, 2.45) is 5.73 Å². The molecule has 0 bridgehead atoms. The Kier molecular flexibility index (Phi) is 4.52. The van der Waals surface area contributed by atoms with Crippen LogP contribution in [-0.2, 0) is 4.79 Å². The first kappa shape index (κ1) is 15.4. The maximum absolute atomic E-state index is 12.2. The van der Waals surface area contributed by atoms with Gasteiger partial charge >= 0.3 is 0 Å². The normalized spacial score (nSPS) is 18.0. The summed E-state index contributed by atoms with van der Waals surface area (Å²) in [6.07, 6.45) is 4.65. The highest BCUT2D eigenvalue weighted by Crippen LogP contribution is 2.35. The Bertz CT molecular complexity index is 689. The van der Waals surface area contributed by atoms with Crippen molar-refractivity contribution in [3.05, 3.63) is 42.2 Å². The Labute approximate surface area is 135 Å². The van der Waals surface area contributed by atoms with Crippen molar-refractivity contribution in [3.63, 3.8) is 0 Å². The molecule has 1 fully saturated rings. The minimum Gasteiger partial charge on any atom is -0.368 e. The Morgan fingerprint density at radius 2 is 2.04 bits per heavy atom. The number of nitrogens with zero attached hydrogens (tertiary/aromatic N) is 3. The van der Waals surface area contributed by atoms with Gasteiger partial charge in [0.15, 0.2) is 0 Å². The quantitative estimate of drug-likeness (QED) is 0.899. The predicted octanol–water partition coefficient (Wildman–Crippen LogP) is 1.74. The van der Waals surface area contributed by atoms with Gasteiger partial charge in [-0.1, -0.05) is 30.3 Å². The van der Waals surface area contributed by atoms with E-state index < -0.39 is 0 Å². The van der Waals surface area contributed by atoms with E-state index in [1.165, 1.54) is 0 Å². The van der Waals surface area contributed by atoms with Gasteiger partial charge in [0.1, 0.15) is 0 Å². The summed E-state index contributed by atoms with van der Waals surface area (Å²) in [5, 5.41) is 0. The molecule has 2 aromatic rings. The molecule has 1 aromatic carbocycles. The number of aromatic nitrogens is 2. The average Bonchev–Trinajstić information content (AvgIpc) is 2.61. The van der Waals surface area contributed by atoms with Crippen LogP contribution in [0.1, 0.15) is 31.0 Å². The van der Waals surface area contributed by atoms with Crippen LogP contribution in [0.4, 0.5) is 5.95 Å². The fraction of sp³-hybridized carbons (Fsp3) is 0.353. The van der Waals surface area contributed by atoms with Crippen LogP contribution in [0, 0.1) is 0 Å². The zero-order chi connectivity index (χ0) is 16.2. The van der Waals surface area contributed by atoms with Crippen molar-refractivity contribution in [1.29, 1.82) is 0 Å². The van der Waals surface area contributed by atoms with Crippen LogP contribution in [0.25, 0.3) is 11.1 Å². The van der Waals surface area contributed by atoms with E-state index in [4.69, 9.17) is 11.5 Å². The van der Waals surface area contributed by atoms with Crippen LogP contribution in [0.5, 0.6) is 0 Å². The van der Waals surface area contributed by atoms with Crippen molar-refractivity contribution in [2.75, 3.05) is 18.8 Å². The van der Waals surface area contributed by atoms with Crippen molar-refractivity contribution >= 4 is 11.9 Å². The Morgan fingerprint density at radius 1 is 1.26 bits per heavy atom. The molecule has 4 N–H and O–H groups in total. The first-order chi connectivity index (χ1) is 11.2. The van der Waals surface area contributed by atoms with Crippen molar-refractivity contribution in [2.45, 2.75) is 25.3 Å². The summed E-state index contributed by atoms with van der Waals surface area (Å²) < 4.78 is 0. The molecule has 1 aliphatic rings. The molecule has 0 saturated carbocycles. The maximum atomic E-state index is 12.2. The summed E-state index contributed by atoms with van der Waals surface area (Å²) in [4.78, 5) is 22.7. The minimum absolute atomic E-state index is 0.0116. The molecule has 1 amide bonds. The van der Waals surface area contributed by atoms with E-state index >= 15 is 0 Å². The van der Waals surface area contributed by atoms with Gasteiger partial charge in [-0.3, -0.25) is 4.79 Å². The lowest BCUT2D eigenvalue weighted by Gasteiger charge is -2.36. The number of rotatable bonds is 3. The number of benzene rings is 1. The number of piperidine rings is 1. The molecule has 1 atom stereocenters. The van der Waals surface area contributed by atoms with Gasteiger partial charge < -0.3 is 16.4 Å². The number of likely N-dealkylation sites (tertiary alicyclic amines) is 1. The van der Waals surface area contributed by atoms with Crippen LogP contribution in [0.15, 0.2) is 36.5 Å². The van der Waals surface area contributed by atoms with Crippen molar-refractivity contribution in [3.8, 4) is 11.1 Å². The van der Waals surface area contributed by atoms with Gasteiger partial charge in [-0.05, 0) is 24.8 Å². The van der Waals surface area contributed by atoms with Gasteiger partial charge in [-0.25, -0.2) is 9.97 Å². The minimum atomic E-state index is -0.0969. The lowest BCUT2D eigenvalue weighted by Crippen LogP contribution is -2.42. The fourth-order valence-electron chi connectivity index (χ4n) is 3.14. The second-order valence-corrected chi connectivity index (χ2v) is 5.70. The number of anilines is 1. The van der Waals surface area contributed by atoms with E-state index in [0.717, 1.165) is 36.1 Å². The number of nitrogens with two attached hydrogens (primary N) is 2. The second kappa shape index (κ2) is 6.75. The van der Waals surface area contributed by atoms with Gasteiger partial charge in [-0.15, -0.1) is 0 Å². The standard InChI is InChI=1S/C17H21N5O/c18-10-15(23)22-9-5-4-8-14(22)16-13(11-20-17(19)21-16)12-6-2-1-3-7-12/h1-3,6-7,11,14H,4-5,8-10,18H2,(H2,19,20,21). The summed E-state index contributed by atoms with van der Waals surface area (Å²) in [6.45, 7) is 0.719. The SMILES string of the molecule is NCC(=O)N1CCCCC1c1nc(N)ncc1-c1ccccc1. The summed E-state index contributed by atoms with van der Waals surface area (Å²) in [6, 6.07) is 9.83. The molecule has 6 nitrogen and oxygen atoms in total. The van der Waals surface area contributed by atoms with Crippen molar-refractivity contribution < 1.29 is 4.79 Å². The van der Waals surface area contributed by atoms with Crippen LogP contribution in [0.2, 0.25) is 0 Å². The third-order valence-corrected chi connectivity index (χ3v) is 4.24. The smallest absolute Gasteiger partial charge is 0.236 e. The van der Waals surface area contributed by atoms with Crippen molar-refractivity contribution in [1.82, 2.24) is 14.9 Å². The number of hydrogen-bond donors (Lipinski definition) is 2. The third-order valence-electron chi connectivity index (χ3n) is 4.24. The zero-order valence-corrected chi connectivity index (χ0v) is 13.0. The number of hydrogen-bond acceptors (Lipinski definition) is 5. The monoisotopic (exact) mass is 311 g/mol. The molecule has 3 rings (SSSR count). The van der Waals surface area contributed by atoms with Gasteiger partial charge in [0.25, 0.3) is 0 Å². The first-order valence-corrected chi connectivity index (χ1v) is 7.88. The molecular formula is C17H21N5O. The molecule has 0 radical (unpaired) electrons.